The highest BCUT2D eigenvalue weighted by atomic mass is 19.2. The maximum atomic E-state index is 13.3. The summed E-state index contributed by atoms with van der Waals surface area (Å²) in [7, 11) is 3.01. The number of halogens is 2. The zero-order valence-corrected chi connectivity index (χ0v) is 14.8. The number of methoxy groups -OCH3 is 2. The summed E-state index contributed by atoms with van der Waals surface area (Å²) in [4.78, 5) is 26.0. The van der Waals surface area contributed by atoms with E-state index in [2.05, 4.69) is 5.32 Å². The number of benzene rings is 2. The van der Waals surface area contributed by atoms with E-state index in [9.17, 15) is 18.4 Å². The lowest BCUT2D eigenvalue weighted by atomic mass is 9.97. The molecule has 0 atom stereocenters. The molecule has 1 heterocycles. The minimum absolute atomic E-state index is 0.0459. The van der Waals surface area contributed by atoms with E-state index in [1.807, 2.05) is 0 Å². The molecule has 1 aliphatic heterocycles. The number of carbonyl (C=O) groups is 2. The molecule has 1 fully saturated rings. The third-order valence-corrected chi connectivity index (χ3v) is 4.37. The van der Waals surface area contributed by atoms with Crippen molar-refractivity contribution in [1.82, 2.24) is 4.90 Å². The number of anilines is 1. The van der Waals surface area contributed by atoms with Crippen LogP contribution in [0.2, 0.25) is 0 Å². The van der Waals surface area contributed by atoms with Gasteiger partial charge in [-0.2, -0.15) is 0 Å². The van der Waals surface area contributed by atoms with Gasteiger partial charge in [0.1, 0.15) is 11.5 Å². The van der Waals surface area contributed by atoms with Crippen LogP contribution < -0.4 is 14.8 Å². The Hall–Kier alpha value is -3.16. The standard InChI is InChI=1S/C19H18F2N2O4/c1-26-13-4-6-16(17(8-13)27-2)22-18(24)12-9-23(10-12)19(25)11-3-5-14(20)15(21)7-11/h3-8,12H,9-10H2,1-2H3,(H,22,24). The van der Waals surface area contributed by atoms with Crippen molar-refractivity contribution in [2.75, 3.05) is 32.6 Å². The summed E-state index contributed by atoms with van der Waals surface area (Å²) in [6.07, 6.45) is 0. The molecule has 27 heavy (non-hydrogen) atoms. The minimum Gasteiger partial charge on any atom is -0.497 e. The lowest BCUT2D eigenvalue weighted by molar-refractivity contribution is -0.123. The first kappa shape index (κ1) is 18.6. The van der Waals surface area contributed by atoms with Gasteiger partial charge in [0, 0.05) is 24.7 Å². The lowest BCUT2D eigenvalue weighted by Gasteiger charge is -2.38. The molecule has 1 saturated heterocycles. The average Bonchev–Trinajstić information content (AvgIpc) is 2.62. The summed E-state index contributed by atoms with van der Waals surface area (Å²) in [5.41, 5.74) is 0.540. The van der Waals surface area contributed by atoms with E-state index >= 15 is 0 Å². The maximum absolute atomic E-state index is 13.3. The molecule has 0 aromatic heterocycles. The van der Waals surface area contributed by atoms with Crippen LogP contribution in [0.5, 0.6) is 11.5 Å². The first-order valence-electron chi connectivity index (χ1n) is 8.20. The Kier molecular flexibility index (Phi) is 5.25. The molecule has 2 amide bonds. The van der Waals surface area contributed by atoms with Crippen molar-refractivity contribution in [3.05, 3.63) is 53.6 Å². The average molecular weight is 376 g/mol. The van der Waals surface area contributed by atoms with Gasteiger partial charge in [-0.1, -0.05) is 0 Å². The highest BCUT2D eigenvalue weighted by Crippen LogP contribution is 2.30. The Morgan fingerprint density at radius 2 is 1.78 bits per heavy atom. The second kappa shape index (κ2) is 7.61. The summed E-state index contributed by atoms with van der Waals surface area (Å²) >= 11 is 0. The molecule has 3 rings (SSSR count). The Morgan fingerprint density at radius 1 is 1.04 bits per heavy atom. The number of likely N-dealkylation sites (tertiary alicyclic amines) is 1. The monoisotopic (exact) mass is 376 g/mol. The van der Waals surface area contributed by atoms with Gasteiger partial charge in [-0.3, -0.25) is 9.59 Å². The zero-order valence-electron chi connectivity index (χ0n) is 14.8. The van der Waals surface area contributed by atoms with E-state index in [0.717, 1.165) is 12.1 Å². The number of hydrogen-bond acceptors (Lipinski definition) is 4. The number of rotatable bonds is 5. The Balaban J connectivity index is 1.60. The van der Waals surface area contributed by atoms with Gasteiger partial charge in [0.05, 0.1) is 25.8 Å². The third kappa shape index (κ3) is 3.84. The molecular formula is C19H18F2N2O4. The van der Waals surface area contributed by atoms with Crippen molar-refractivity contribution in [3.63, 3.8) is 0 Å². The second-order valence-electron chi connectivity index (χ2n) is 6.09. The fourth-order valence-electron chi connectivity index (χ4n) is 2.76. The van der Waals surface area contributed by atoms with Gasteiger partial charge >= 0.3 is 0 Å². The van der Waals surface area contributed by atoms with E-state index < -0.39 is 23.5 Å². The van der Waals surface area contributed by atoms with E-state index in [-0.39, 0.29) is 24.6 Å². The van der Waals surface area contributed by atoms with Crippen molar-refractivity contribution < 1.29 is 27.8 Å². The molecule has 0 bridgehead atoms. The van der Waals surface area contributed by atoms with Crippen LogP contribution in [0.25, 0.3) is 0 Å². The largest absolute Gasteiger partial charge is 0.497 e. The third-order valence-electron chi connectivity index (χ3n) is 4.37. The molecule has 0 spiro atoms. The van der Waals surface area contributed by atoms with Gasteiger partial charge in [0.25, 0.3) is 5.91 Å². The molecule has 2 aromatic carbocycles. The number of ether oxygens (including phenoxy) is 2. The van der Waals surface area contributed by atoms with Crippen molar-refractivity contribution >= 4 is 17.5 Å². The van der Waals surface area contributed by atoms with Gasteiger partial charge in [-0.15, -0.1) is 0 Å². The van der Waals surface area contributed by atoms with Crippen LogP contribution in [0.15, 0.2) is 36.4 Å². The lowest BCUT2D eigenvalue weighted by Crippen LogP contribution is -2.54. The SMILES string of the molecule is COc1ccc(NC(=O)C2CN(C(=O)c3ccc(F)c(F)c3)C2)c(OC)c1. The van der Waals surface area contributed by atoms with E-state index in [1.54, 1.807) is 18.2 Å². The first-order valence-corrected chi connectivity index (χ1v) is 8.20. The van der Waals surface area contributed by atoms with Crippen LogP contribution in [0.3, 0.4) is 0 Å². The van der Waals surface area contributed by atoms with Crippen molar-refractivity contribution in [2.45, 2.75) is 0 Å². The molecule has 1 aliphatic rings. The predicted octanol–water partition coefficient (Wildman–Crippen LogP) is 2.69. The summed E-state index contributed by atoms with van der Waals surface area (Å²) in [6, 6.07) is 7.98. The van der Waals surface area contributed by atoms with Crippen LogP contribution >= 0.6 is 0 Å². The van der Waals surface area contributed by atoms with Crippen LogP contribution in [0.4, 0.5) is 14.5 Å². The topological polar surface area (TPSA) is 67.9 Å². The molecule has 0 saturated carbocycles. The second-order valence-corrected chi connectivity index (χ2v) is 6.09. The molecule has 8 heteroatoms. The molecule has 1 N–H and O–H groups in total. The van der Waals surface area contributed by atoms with E-state index in [4.69, 9.17) is 9.47 Å². The Bertz CT molecular complexity index is 882. The maximum Gasteiger partial charge on any atom is 0.254 e. The van der Waals surface area contributed by atoms with Gasteiger partial charge in [0.2, 0.25) is 5.91 Å². The number of nitrogens with one attached hydrogen (secondary N) is 1. The molecule has 6 nitrogen and oxygen atoms in total. The molecule has 2 aromatic rings. The van der Waals surface area contributed by atoms with E-state index in [1.165, 1.54) is 25.2 Å². The minimum atomic E-state index is -1.08. The number of amides is 2. The highest BCUT2D eigenvalue weighted by molar-refractivity contribution is 5.99. The van der Waals surface area contributed by atoms with Gasteiger partial charge in [0.15, 0.2) is 11.6 Å². The molecule has 0 aliphatic carbocycles. The van der Waals surface area contributed by atoms with Crippen LogP contribution in [0, 0.1) is 17.6 Å². The smallest absolute Gasteiger partial charge is 0.254 e. The van der Waals surface area contributed by atoms with Crippen molar-refractivity contribution in [3.8, 4) is 11.5 Å². The number of hydrogen-bond donors (Lipinski definition) is 1. The number of carbonyl (C=O) groups excluding carboxylic acids is 2. The van der Waals surface area contributed by atoms with E-state index in [0.29, 0.717) is 17.2 Å². The van der Waals surface area contributed by atoms with Gasteiger partial charge < -0.3 is 19.7 Å². The fraction of sp³-hybridized carbons (Fsp3) is 0.263. The highest BCUT2D eigenvalue weighted by Gasteiger charge is 2.36. The number of nitrogens with zero attached hydrogens (tertiary/aromatic N) is 1. The molecule has 142 valence electrons. The van der Waals surface area contributed by atoms with Crippen LogP contribution in [-0.2, 0) is 4.79 Å². The van der Waals surface area contributed by atoms with Crippen molar-refractivity contribution in [1.29, 1.82) is 0 Å². The normalized spacial score (nSPS) is 13.7. The van der Waals surface area contributed by atoms with Crippen LogP contribution in [0.1, 0.15) is 10.4 Å². The summed E-state index contributed by atoms with van der Waals surface area (Å²) in [5, 5.41) is 2.76. The zero-order chi connectivity index (χ0) is 19.6. The molecule has 0 unspecified atom stereocenters. The van der Waals surface area contributed by atoms with Gasteiger partial charge in [-0.25, -0.2) is 8.78 Å². The summed E-state index contributed by atoms with van der Waals surface area (Å²) in [5.74, 6) is -2.14. The molecule has 0 radical (unpaired) electrons. The van der Waals surface area contributed by atoms with Crippen LogP contribution in [-0.4, -0.2) is 44.0 Å². The quantitative estimate of drug-likeness (QED) is 0.871. The van der Waals surface area contributed by atoms with Gasteiger partial charge in [-0.05, 0) is 30.3 Å². The summed E-state index contributed by atoms with van der Waals surface area (Å²) in [6.45, 7) is 0.393. The predicted molar refractivity (Wildman–Crippen MR) is 93.9 cm³/mol. The van der Waals surface area contributed by atoms with Crippen molar-refractivity contribution in [2.24, 2.45) is 5.92 Å². The summed E-state index contributed by atoms with van der Waals surface area (Å²) < 4.78 is 36.6. The fourth-order valence-corrected chi connectivity index (χ4v) is 2.76. The first-order chi connectivity index (χ1) is 12.9. The Labute approximate surface area is 154 Å². The Morgan fingerprint density at radius 3 is 2.41 bits per heavy atom. The molecular weight excluding hydrogens is 358 g/mol.